The highest BCUT2D eigenvalue weighted by Crippen LogP contribution is 2.31. The second kappa shape index (κ2) is 5.49. The number of imidazole rings is 1. The predicted molar refractivity (Wildman–Crippen MR) is 89.9 cm³/mol. The molecule has 0 atom stereocenters. The summed E-state index contributed by atoms with van der Waals surface area (Å²) < 4.78 is 2.09. The summed E-state index contributed by atoms with van der Waals surface area (Å²) in [7, 11) is 0. The molecule has 1 fully saturated rings. The van der Waals surface area contributed by atoms with E-state index < -0.39 is 0 Å². The van der Waals surface area contributed by atoms with Crippen molar-refractivity contribution >= 4 is 28.6 Å². The fourth-order valence-electron chi connectivity index (χ4n) is 2.58. The van der Waals surface area contributed by atoms with Crippen LogP contribution in [0.4, 0.5) is 17.5 Å². The van der Waals surface area contributed by atoms with Crippen LogP contribution in [-0.4, -0.2) is 30.5 Å². The zero-order valence-electron chi connectivity index (χ0n) is 13.2. The molecule has 1 aliphatic rings. The van der Waals surface area contributed by atoms with Crippen LogP contribution in [0.2, 0.25) is 0 Å². The molecule has 1 aliphatic carbocycles. The maximum atomic E-state index is 4.75. The summed E-state index contributed by atoms with van der Waals surface area (Å²) in [5.74, 6) is 1.56. The second-order valence-electron chi connectivity index (χ2n) is 6.08. The molecule has 3 heterocycles. The molecule has 0 unspecified atom stereocenters. The number of nitrogens with one attached hydrogen (secondary N) is 2. The quantitative estimate of drug-likeness (QED) is 0.753. The number of nitrogens with zero attached hydrogens (tertiary/aromatic N) is 5. The van der Waals surface area contributed by atoms with Crippen molar-refractivity contribution < 1.29 is 0 Å². The summed E-state index contributed by atoms with van der Waals surface area (Å²) in [5, 5.41) is 6.77. The van der Waals surface area contributed by atoms with Crippen molar-refractivity contribution in [2.75, 3.05) is 10.6 Å². The van der Waals surface area contributed by atoms with E-state index in [1.165, 1.54) is 12.8 Å². The lowest BCUT2D eigenvalue weighted by Crippen LogP contribution is -2.07. The average molecular weight is 309 g/mol. The number of rotatable bonds is 5. The summed E-state index contributed by atoms with van der Waals surface area (Å²) in [4.78, 5) is 17.7. The van der Waals surface area contributed by atoms with Crippen LogP contribution < -0.4 is 10.6 Å². The summed E-state index contributed by atoms with van der Waals surface area (Å²) in [6, 6.07) is 4.60. The highest BCUT2D eigenvalue weighted by Gasteiger charge is 2.24. The van der Waals surface area contributed by atoms with Gasteiger partial charge in [0.05, 0.1) is 11.9 Å². The van der Waals surface area contributed by atoms with Crippen LogP contribution in [0.1, 0.15) is 32.7 Å². The Morgan fingerprint density at radius 2 is 2.13 bits per heavy atom. The standard InChI is InChI=1S/C16H19N7/c1-10(2)23-15-13(14(18-9-19-15)20-11-5-6-11)22-16(23)21-12-4-3-7-17-8-12/h3-4,7-11H,5-6H2,1-2H3,(H,21,22)(H,18,19,20). The van der Waals surface area contributed by atoms with Gasteiger partial charge in [-0.1, -0.05) is 0 Å². The van der Waals surface area contributed by atoms with Gasteiger partial charge in [-0.2, -0.15) is 0 Å². The molecule has 0 saturated heterocycles. The first kappa shape index (κ1) is 13.9. The predicted octanol–water partition coefficient (Wildman–Crippen LogP) is 3.12. The molecule has 2 N–H and O–H groups in total. The van der Waals surface area contributed by atoms with Gasteiger partial charge in [-0.25, -0.2) is 15.0 Å². The molecule has 4 rings (SSSR count). The maximum absolute atomic E-state index is 4.75. The van der Waals surface area contributed by atoms with Crippen molar-refractivity contribution in [1.82, 2.24) is 24.5 Å². The molecule has 0 bridgehead atoms. The summed E-state index contributed by atoms with van der Waals surface area (Å²) >= 11 is 0. The van der Waals surface area contributed by atoms with Crippen molar-refractivity contribution in [2.24, 2.45) is 0 Å². The SMILES string of the molecule is CC(C)n1c(Nc2cccnc2)nc2c(NC3CC3)ncnc21. The van der Waals surface area contributed by atoms with Crippen molar-refractivity contribution in [3.8, 4) is 0 Å². The van der Waals surface area contributed by atoms with Crippen molar-refractivity contribution in [2.45, 2.75) is 38.8 Å². The summed E-state index contributed by atoms with van der Waals surface area (Å²) in [5.41, 5.74) is 2.54. The molecule has 7 heteroatoms. The van der Waals surface area contributed by atoms with Gasteiger partial charge >= 0.3 is 0 Å². The van der Waals surface area contributed by atoms with Crippen LogP contribution in [0, 0.1) is 0 Å². The normalized spacial score (nSPS) is 14.4. The molecule has 0 aliphatic heterocycles. The first-order chi connectivity index (χ1) is 11.2. The Labute approximate surface area is 134 Å². The zero-order valence-corrected chi connectivity index (χ0v) is 13.2. The molecular weight excluding hydrogens is 290 g/mol. The van der Waals surface area contributed by atoms with E-state index in [-0.39, 0.29) is 6.04 Å². The van der Waals surface area contributed by atoms with Crippen LogP contribution in [0.25, 0.3) is 11.2 Å². The Bertz CT molecular complexity index is 821. The largest absolute Gasteiger partial charge is 0.365 e. The number of hydrogen-bond donors (Lipinski definition) is 2. The maximum Gasteiger partial charge on any atom is 0.210 e. The van der Waals surface area contributed by atoms with Crippen molar-refractivity contribution in [1.29, 1.82) is 0 Å². The van der Waals surface area contributed by atoms with E-state index in [9.17, 15) is 0 Å². The van der Waals surface area contributed by atoms with Gasteiger partial charge in [0, 0.05) is 18.3 Å². The Morgan fingerprint density at radius 3 is 2.83 bits per heavy atom. The van der Waals surface area contributed by atoms with Crippen LogP contribution in [-0.2, 0) is 0 Å². The Kier molecular flexibility index (Phi) is 3.33. The molecule has 0 radical (unpaired) electrons. The van der Waals surface area contributed by atoms with E-state index in [2.05, 4.69) is 44.0 Å². The smallest absolute Gasteiger partial charge is 0.210 e. The van der Waals surface area contributed by atoms with Crippen LogP contribution in [0.3, 0.4) is 0 Å². The van der Waals surface area contributed by atoms with Crippen LogP contribution >= 0.6 is 0 Å². The topological polar surface area (TPSA) is 80.5 Å². The molecule has 3 aromatic heterocycles. The second-order valence-corrected chi connectivity index (χ2v) is 6.08. The van der Waals surface area contributed by atoms with Gasteiger partial charge in [0.2, 0.25) is 5.95 Å². The van der Waals surface area contributed by atoms with E-state index in [1.807, 2.05) is 12.1 Å². The molecule has 1 saturated carbocycles. The molecule has 3 aromatic rings. The number of hydrogen-bond acceptors (Lipinski definition) is 6. The lowest BCUT2D eigenvalue weighted by atomic mass is 10.4. The lowest BCUT2D eigenvalue weighted by molar-refractivity contribution is 0.620. The number of pyridine rings is 1. The molecule has 0 aromatic carbocycles. The minimum absolute atomic E-state index is 0.225. The molecule has 118 valence electrons. The molecule has 0 spiro atoms. The number of fused-ring (bicyclic) bond motifs is 1. The van der Waals surface area contributed by atoms with Crippen LogP contribution in [0.15, 0.2) is 30.9 Å². The fourth-order valence-corrected chi connectivity index (χ4v) is 2.58. The Hall–Kier alpha value is -2.70. The van der Waals surface area contributed by atoms with Crippen LogP contribution in [0.5, 0.6) is 0 Å². The van der Waals surface area contributed by atoms with E-state index in [0.717, 1.165) is 28.6 Å². The molecule has 7 nitrogen and oxygen atoms in total. The molecular formula is C16H19N7. The summed E-state index contributed by atoms with van der Waals surface area (Å²) in [6.45, 7) is 4.23. The third-order valence-corrected chi connectivity index (χ3v) is 3.83. The Balaban J connectivity index is 1.80. The highest BCUT2D eigenvalue weighted by atomic mass is 15.3. The van der Waals surface area contributed by atoms with Gasteiger partial charge < -0.3 is 10.6 Å². The van der Waals surface area contributed by atoms with E-state index in [0.29, 0.717) is 6.04 Å². The van der Waals surface area contributed by atoms with Gasteiger partial charge in [-0.3, -0.25) is 9.55 Å². The van der Waals surface area contributed by atoms with E-state index in [4.69, 9.17) is 4.98 Å². The monoisotopic (exact) mass is 309 g/mol. The van der Waals surface area contributed by atoms with Gasteiger partial charge in [0.1, 0.15) is 6.33 Å². The van der Waals surface area contributed by atoms with Gasteiger partial charge in [-0.05, 0) is 38.8 Å². The minimum atomic E-state index is 0.225. The fraction of sp³-hybridized carbons (Fsp3) is 0.375. The van der Waals surface area contributed by atoms with Gasteiger partial charge in [-0.15, -0.1) is 0 Å². The first-order valence-electron chi connectivity index (χ1n) is 7.89. The number of anilines is 3. The highest BCUT2D eigenvalue weighted by molar-refractivity contribution is 5.86. The van der Waals surface area contributed by atoms with E-state index >= 15 is 0 Å². The molecule has 0 amide bonds. The Morgan fingerprint density at radius 1 is 1.26 bits per heavy atom. The summed E-state index contributed by atoms with van der Waals surface area (Å²) in [6.07, 6.45) is 7.51. The number of aromatic nitrogens is 5. The molecule has 23 heavy (non-hydrogen) atoms. The van der Waals surface area contributed by atoms with Gasteiger partial charge in [0.15, 0.2) is 17.0 Å². The third kappa shape index (κ3) is 2.69. The third-order valence-electron chi connectivity index (χ3n) is 3.83. The first-order valence-corrected chi connectivity index (χ1v) is 7.89. The minimum Gasteiger partial charge on any atom is -0.365 e. The van der Waals surface area contributed by atoms with E-state index in [1.54, 1.807) is 18.7 Å². The van der Waals surface area contributed by atoms with Crippen molar-refractivity contribution in [3.63, 3.8) is 0 Å². The van der Waals surface area contributed by atoms with Gasteiger partial charge in [0.25, 0.3) is 0 Å². The van der Waals surface area contributed by atoms with Crippen molar-refractivity contribution in [3.05, 3.63) is 30.9 Å². The lowest BCUT2D eigenvalue weighted by Gasteiger charge is -2.13. The average Bonchev–Trinajstić information content (AvgIpc) is 3.27. The zero-order chi connectivity index (χ0) is 15.8.